The fraction of sp³-hybridized carbons (Fsp3) is 0.0612. The van der Waals surface area contributed by atoms with Crippen LogP contribution in [-0.4, -0.2) is 19.1 Å². The second-order valence-electron chi connectivity index (χ2n) is 14.7. The molecule has 5 heterocycles. The summed E-state index contributed by atoms with van der Waals surface area (Å²) in [5.41, 5.74) is 14.9. The molecule has 0 saturated carbocycles. The van der Waals surface area contributed by atoms with E-state index in [1.54, 1.807) is 0 Å². The molecule has 4 nitrogen and oxygen atoms in total. The Morgan fingerprint density at radius 3 is 1.87 bits per heavy atom. The Hall–Kier alpha value is -6.78. The Balaban J connectivity index is 1.22. The molecule has 0 amide bonds. The molecule has 0 N–H and O–H groups in total. The van der Waals surface area contributed by atoms with Gasteiger partial charge < -0.3 is 9.13 Å². The van der Waals surface area contributed by atoms with Crippen LogP contribution in [0.25, 0.3) is 88.5 Å². The first-order valence-electron chi connectivity index (χ1n) is 18.2. The van der Waals surface area contributed by atoms with Gasteiger partial charge in [0.1, 0.15) is 0 Å². The van der Waals surface area contributed by atoms with Crippen molar-refractivity contribution in [1.82, 2.24) is 19.1 Å². The van der Waals surface area contributed by atoms with E-state index in [2.05, 4.69) is 156 Å². The first-order valence-corrected chi connectivity index (χ1v) is 18.2. The highest BCUT2D eigenvalue weighted by Gasteiger charge is 2.40. The molecule has 0 spiro atoms. The van der Waals surface area contributed by atoms with Gasteiger partial charge in [-0.15, -0.1) is 0 Å². The normalized spacial score (nSPS) is 13.2. The topological polar surface area (TPSA) is 35.6 Å². The summed E-state index contributed by atoms with van der Waals surface area (Å²) < 4.78 is 5.10. The van der Waals surface area contributed by atoms with Crippen molar-refractivity contribution in [2.45, 2.75) is 19.3 Å². The zero-order valence-electron chi connectivity index (χ0n) is 29.5. The Morgan fingerprint density at radius 2 is 1.13 bits per heavy atom. The van der Waals surface area contributed by atoms with Crippen LogP contribution < -0.4 is 0 Å². The Labute approximate surface area is 307 Å². The molecule has 0 radical (unpaired) electrons. The summed E-state index contributed by atoms with van der Waals surface area (Å²) in [5, 5.41) is 6.27. The van der Waals surface area contributed by atoms with E-state index in [-0.39, 0.29) is 5.41 Å². The summed E-state index contributed by atoms with van der Waals surface area (Å²) in [5.74, 6) is 0. The van der Waals surface area contributed by atoms with Gasteiger partial charge >= 0.3 is 0 Å². The van der Waals surface area contributed by atoms with Gasteiger partial charge in [-0.1, -0.05) is 105 Å². The fourth-order valence-electron chi connectivity index (χ4n) is 8.94. The lowest BCUT2D eigenvalue weighted by molar-refractivity contribution is 0.596. The zero-order chi connectivity index (χ0) is 35.3. The highest BCUT2D eigenvalue weighted by molar-refractivity contribution is 6.17. The highest BCUT2D eigenvalue weighted by Crippen LogP contribution is 2.52. The molecular weight excluding hydrogens is 645 g/mol. The lowest BCUT2D eigenvalue weighted by Gasteiger charge is -2.34. The summed E-state index contributed by atoms with van der Waals surface area (Å²) >= 11 is 0. The van der Waals surface area contributed by atoms with Crippen LogP contribution in [0.1, 0.15) is 25.1 Å². The van der Waals surface area contributed by atoms with Gasteiger partial charge in [-0.05, 0) is 88.8 Å². The van der Waals surface area contributed by atoms with Crippen molar-refractivity contribution in [2.24, 2.45) is 0 Å². The molecule has 1 aliphatic rings. The standard InChI is InChI=1S/C49H34N4/c1-49(2)41-18-12-17-38-40-30-32(33-27-34(42-19-8-10-25-50-42)29-35(28-33)43-20-9-11-26-51-43)22-24-44(40)53(46(38)41)47-39-23-21-31-13-6-7-16-37(31)45(39)52(48(47)49)36-14-4-3-5-15-36/h3-30H,1-2H3. The van der Waals surface area contributed by atoms with E-state index in [1.807, 2.05) is 36.7 Å². The Bertz CT molecular complexity index is 3000. The second-order valence-corrected chi connectivity index (χ2v) is 14.7. The van der Waals surface area contributed by atoms with Crippen LogP contribution in [0.2, 0.25) is 0 Å². The van der Waals surface area contributed by atoms with Gasteiger partial charge in [0.2, 0.25) is 0 Å². The summed E-state index contributed by atoms with van der Waals surface area (Å²) in [7, 11) is 0. The number of aromatic nitrogens is 4. The second kappa shape index (κ2) is 11.1. The number of para-hydroxylation sites is 2. The SMILES string of the molecule is CC1(C)c2cccc3c4cc(-c5cc(-c6ccccn6)cc(-c6ccccn6)c5)ccc4n(c23)-c2c1n(-c1ccccc1)c1c2ccc2ccccc21. The molecule has 53 heavy (non-hydrogen) atoms. The van der Waals surface area contributed by atoms with Gasteiger partial charge in [-0.3, -0.25) is 9.97 Å². The minimum absolute atomic E-state index is 0.285. The number of benzene rings is 6. The molecule has 4 heteroatoms. The smallest absolute Gasteiger partial charge is 0.0763 e. The van der Waals surface area contributed by atoms with Crippen LogP contribution >= 0.6 is 0 Å². The van der Waals surface area contributed by atoms with Crippen molar-refractivity contribution in [3.8, 4) is 45.0 Å². The average Bonchev–Trinajstić information content (AvgIpc) is 3.75. The lowest BCUT2D eigenvalue weighted by Crippen LogP contribution is -2.28. The van der Waals surface area contributed by atoms with E-state index in [9.17, 15) is 0 Å². The predicted molar refractivity (Wildman–Crippen MR) is 219 cm³/mol. The van der Waals surface area contributed by atoms with Crippen molar-refractivity contribution in [3.63, 3.8) is 0 Å². The van der Waals surface area contributed by atoms with Crippen LogP contribution in [0.15, 0.2) is 170 Å². The summed E-state index contributed by atoms with van der Waals surface area (Å²) in [6.07, 6.45) is 3.71. The molecule has 1 aliphatic heterocycles. The van der Waals surface area contributed by atoms with E-state index in [1.165, 1.54) is 66.1 Å². The average molecular weight is 679 g/mol. The third-order valence-corrected chi connectivity index (χ3v) is 11.3. The van der Waals surface area contributed by atoms with E-state index in [0.29, 0.717) is 0 Å². The van der Waals surface area contributed by atoms with Crippen LogP contribution in [0.5, 0.6) is 0 Å². The lowest BCUT2D eigenvalue weighted by atomic mass is 9.77. The fourth-order valence-corrected chi connectivity index (χ4v) is 8.94. The molecule has 6 aromatic carbocycles. The molecule has 11 rings (SSSR count). The molecule has 0 aliphatic carbocycles. The predicted octanol–water partition coefficient (Wildman–Crippen LogP) is 12.3. The minimum atomic E-state index is -0.285. The van der Waals surface area contributed by atoms with Gasteiger partial charge in [0, 0.05) is 56.2 Å². The summed E-state index contributed by atoms with van der Waals surface area (Å²) in [6, 6.07) is 57.1. The van der Waals surface area contributed by atoms with Crippen molar-refractivity contribution < 1.29 is 0 Å². The van der Waals surface area contributed by atoms with E-state index in [0.717, 1.165) is 33.6 Å². The first-order chi connectivity index (χ1) is 26.1. The number of nitrogens with zero attached hydrogens (tertiary/aromatic N) is 4. The van der Waals surface area contributed by atoms with E-state index in [4.69, 9.17) is 9.97 Å². The third kappa shape index (κ3) is 4.30. The van der Waals surface area contributed by atoms with Crippen LogP contribution in [0.4, 0.5) is 0 Å². The van der Waals surface area contributed by atoms with Crippen molar-refractivity contribution in [2.75, 3.05) is 0 Å². The monoisotopic (exact) mass is 678 g/mol. The molecular formula is C49H34N4. The Morgan fingerprint density at radius 1 is 0.453 bits per heavy atom. The quantitative estimate of drug-likeness (QED) is 0.186. The molecule has 0 saturated heterocycles. The third-order valence-electron chi connectivity index (χ3n) is 11.3. The zero-order valence-corrected chi connectivity index (χ0v) is 29.5. The Kier molecular flexibility index (Phi) is 6.27. The first kappa shape index (κ1) is 29.9. The van der Waals surface area contributed by atoms with Gasteiger partial charge in [-0.2, -0.15) is 0 Å². The van der Waals surface area contributed by atoms with Crippen LogP contribution in [0.3, 0.4) is 0 Å². The van der Waals surface area contributed by atoms with Crippen molar-refractivity contribution >= 4 is 43.5 Å². The maximum atomic E-state index is 4.72. The number of rotatable bonds is 4. The van der Waals surface area contributed by atoms with Gasteiger partial charge in [0.05, 0.1) is 39.3 Å². The van der Waals surface area contributed by atoms with Crippen LogP contribution in [0, 0.1) is 0 Å². The van der Waals surface area contributed by atoms with E-state index >= 15 is 0 Å². The van der Waals surface area contributed by atoms with E-state index < -0.39 is 0 Å². The molecule has 0 bridgehead atoms. The van der Waals surface area contributed by atoms with Crippen molar-refractivity contribution in [1.29, 1.82) is 0 Å². The molecule has 250 valence electrons. The van der Waals surface area contributed by atoms with Gasteiger partial charge in [0.15, 0.2) is 0 Å². The largest absolute Gasteiger partial charge is 0.310 e. The minimum Gasteiger partial charge on any atom is -0.310 e. The van der Waals surface area contributed by atoms with Gasteiger partial charge in [0.25, 0.3) is 0 Å². The summed E-state index contributed by atoms with van der Waals surface area (Å²) in [6.45, 7) is 4.80. The molecule has 0 unspecified atom stereocenters. The molecule has 10 aromatic rings. The van der Waals surface area contributed by atoms with Crippen LogP contribution in [-0.2, 0) is 5.41 Å². The summed E-state index contributed by atoms with van der Waals surface area (Å²) in [4.78, 5) is 9.43. The van der Waals surface area contributed by atoms with Gasteiger partial charge in [-0.25, -0.2) is 0 Å². The number of hydrogen-bond donors (Lipinski definition) is 0. The molecule has 0 fully saturated rings. The maximum Gasteiger partial charge on any atom is 0.0763 e. The molecule has 0 atom stereocenters. The number of fused-ring (bicyclic) bond motifs is 9. The van der Waals surface area contributed by atoms with Crippen molar-refractivity contribution in [3.05, 3.63) is 181 Å². The number of pyridine rings is 2. The maximum absolute atomic E-state index is 4.72. The molecule has 4 aromatic heterocycles. The number of hydrogen-bond acceptors (Lipinski definition) is 2. The highest BCUT2D eigenvalue weighted by atomic mass is 15.1.